The van der Waals surface area contributed by atoms with Gasteiger partial charge < -0.3 is 5.32 Å². The molecular formula is C26H28N8OS. The molecule has 36 heavy (non-hydrogen) atoms. The largest absolute Gasteiger partial charge is 0.360 e. The molecule has 0 aromatic carbocycles. The van der Waals surface area contributed by atoms with E-state index in [1.165, 1.54) is 0 Å². The van der Waals surface area contributed by atoms with Gasteiger partial charge in [-0.2, -0.15) is 0 Å². The molecule has 10 heteroatoms. The molecule has 0 amide bonds. The topological polar surface area (TPSA) is 111 Å². The molecule has 6 rings (SSSR count). The number of hydrogen-bond donors (Lipinski definition) is 1. The Bertz CT molecular complexity index is 1480. The number of anilines is 1. The van der Waals surface area contributed by atoms with Gasteiger partial charge in [0.25, 0.3) is 5.56 Å². The van der Waals surface area contributed by atoms with Gasteiger partial charge in [-0.25, -0.2) is 24.9 Å². The number of pyridine rings is 1. The average Bonchev–Trinajstić information content (AvgIpc) is 3.70. The molecule has 0 saturated heterocycles. The van der Waals surface area contributed by atoms with Crippen LogP contribution in [0.5, 0.6) is 0 Å². The molecule has 0 aliphatic heterocycles. The molecule has 0 unspecified atom stereocenters. The van der Waals surface area contributed by atoms with Crippen LogP contribution in [-0.4, -0.2) is 40.2 Å². The molecule has 2 fully saturated rings. The van der Waals surface area contributed by atoms with E-state index in [2.05, 4.69) is 43.2 Å². The fourth-order valence-electron chi connectivity index (χ4n) is 4.60. The summed E-state index contributed by atoms with van der Waals surface area (Å²) < 4.78 is 1.81. The van der Waals surface area contributed by atoms with Crippen molar-refractivity contribution in [3.8, 4) is 11.4 Å². The van der Waals surface area contributed by atoms with Crippen LogP contribution in [0.1, 0.15) is 68.1 Å². The SMILES string of the molecule is CCSc1ccc(CNc2nc3cnc(-c4c(C)ncnc4C4CC4)nc3n(C3CCC3)c2=O)nc1. The van der Waals surface area contributed by atoms with Gasteiger partial charge in [0, 0.05) is 23.1 Å². The van der Waals surface area contributed by atoms with Crippen molar-refractivity contribution >= 4 is 28.7 Å². The summed E-state index contributed by atoms with van der Waals surface area (Å²) in [5.74, 6) is 2.30. The molecule has 4 heterocycles. The van der Waals surface area contributed by atoms with Crippen molar-refractivity contribution in [3.05, 3.63) is 58.3 Å². The molecule has 0 radical (unpaired) electrons. The van der Waals surface area contributed by atoms with Crippen LogP contribution in [0.2, 0.25) is 0 Å². The third-order valence-corrected chi connectivity index (χ3v) is 7.73. The molecule has 0 bridgehead atoms. The first-order chi connectivity index (χ1) is 17.6. The number of nitrogens with zero attached hydrogens (tertiary/aromatic N) is 7. The highest BCUT2D eigenvalue weighted by atomic mass is 32.2. The number of fused-ring (bicyclic) bond motifs is 1. The van der Waals surface area contributed by atoms with Gasteiger partial charge in [-0.05, 0) is 56.9 Å². The third-order valence-electron chi connectivity index (χ3n) is 6.87. The Morgan fingerprint density at radius 3 is 2.61 bits per heavy atom. The zero-order valence-corrected chi connectivity index (χ0v) is 21.3. The minimum Gasteiger partial charge on any atom is -0.360 e. The third kappa shape index (κ3) is 4.34. The quantitative estimate of drug-likeness (QED) is 0.345. The fraction of sp³-hybridized carbons (Fsp3) is 0.423. The Labute approximate surface area is 213 Å². The highest BCUT2D eigenvalue weighted by molar-refractivity contribution is 7.99. The van der Waals surface area contributed by atoms with Crippen molar-refractivity contribution in [1.29, 1.82) is 0 Å². The number of rotatable bonds is 8. The van der Waals surface area contributed by atoms with Crippen molar-refractivity contribution in [2.45, 2.75) is 69.4 Å². The van der Waals surface area contributed by atoms with Crippen LogP contribution in [0.25, 0.3) is 22.6 Å². The van der Waals surface area contributed by atoms with Crippen molar-refractivity contribution in [3.63, 3.8) is 0 Å². The normalized spacial score (nSPS) is 15.7. The second kappa shape index (κ2) is 9.57. The smallest absolute Gasteiger partial charge is 0.295 e. The second-order valence-electron chi connectivity index (χ2n) is 9.39. The molecule has 2 aliphatic carbocycles. The summed E-state index contributed by atoms with van der Waals surface area (Å²) in [6, 6.07) is 4.15. The van der Waals surface area contributed by atoms with E-state index >= 15 is 0 Å². The highest BCUT2D eigenvalue weighted by Crippen LogP contribution is 2.43. The molecule has 0 spiro atoms. The van der Waals surface area contributed by atoms with Crippen LogP contribution in [0.15, 0.2) is 40.5 Å². The van der Waals surface area contributed by atoms with Gasteiger partial charge in [0.05, 0.1) is 35.4 Å². The van der Waals surface area contributed by atoms with Crippen LogP contribution >= 0.6 is 11.8 Å². The summed E-state index contributed by atoms with van der Waals surface area (Å²) in [7, 11) is 0. The zero-order valence-electron chi connectivity index (χ0n) is 20.4. The van der Waals surface area contributed by atoms with E-state index in [9.17, 15) is 4.79 Å². The number of thioether (sulfide) groups is 1. The molecule has 9 nitrogen and oxygen atoms in total. The van der Waals surface area contributed by atoms with Crippen LogP contribution in [0, 0.1) is 6.92 Å². The minimum absolute atomic E-state index is 0.116. The molecule has 4 aromatic heterocycles. The van der Waals surface area contributed by atoms with Gasteiger partial charge in [0.1, 0.15) is 11.8 Å². The predicted molar refractivity (Wildman–Crippen MR) is 140 cm³/mol. The minimum atomic E-state index is -0.154. The lowest BCUT2D eigenvalue weighted by atomic mass is 9.93. The number of hydrogen-bond acceptors (Lipinski definition) is 9. The van der Waals surface area contributed by atoms with Gasteiger partial charge in [0.15, 0.2) is 17.3 Å². The average molecular weight is 501 g/mol. The van der Waals surface area contributed by atoms with E-state index < -0.39 is 0 Å². The number of nitrogens with one attached hydrogen (secondary N) is 1. The first kappa shape index (κ1) is 23.0. The molecule has 2 aliphatic rings. The van der Waals surface area contributed by atoms with Crippen LogP contribution in [-0.2, 0) is 6.54 Å². The molecule has 1 N–H and O–H groups in total. The first-order valence-electron chi connectivity index (χ1n) is 12.5. The maximum atomic E-state index is 13.6. The predicted octanol–water partition coefficient (Wildman–Crippen LogP) is 4.67. The van der Waals surface area contributed by atoms with Crippen molar-refractivity contribution in [2.24, 2.45) is 0 Å². The van der Waals surface area contributed by atoms with Crippen LogP contribution < -0.4 is 10.9 Å². The Balaban J connectivity index is 1.38. The van der Waals surface area contributed by atoms with Gasteiger partial charge in [-0.3, -0.25) is 14.3 Å². The summed E-state index contributed by atoms with van der Waals surface area (Å²) in [5, 5.41) is 3.21. The van der Waals surface area contributed by atoms with E-state index in [1.54, 1.807) is 24.3 Å². The molecule has 0 atom stereocenters. The van der Waals surface area contributed by atoms with Gasteiger partial charge >= 0.3 is 0 Å². The zero-order chi connectivity index (χ0) is 24.6. The van der Waals surface area contributed by atoms with E-state index in [1.807, 2.05) is 23.8 Å². The summed E-state index contributed by atoms with van der Waals surface area (Å²) >= 11 is 1.75. The number of aryl methyl sites for hydroxylation is 1. The van der Waals surface area contributed by atoms with Crippen molar-refractivity contribution in [2.75, 3.05) is 11.1 Å². The lowest BCUT2D eigenvalue weighted by molar-refractivity contribution is 0.313. The van der Waals surface area contributed by atoms with Gasteiger partial charge in [-0.15, -0.1) is 11.8 Å². The van der Waals surface area contributed by atoms with E-state index in [0.29, 0.717) is 35.3 Å². The van der Waals surface area contributed by atoms with Crippen molar-refractivity contribution in [1.82, 2.24) is 34.5 Å². The standard InChI is InChI=1S/C26H28N8OS/c1-3-36-19-10-9-17(27-12-19)11-28-24-26(35)34(18-5-4-6-18)25-20(32-24)13-29-23(33-25)21-15(2)30-14-31-22(21)16-7-8-16/h9-10,12-14,16,18H,3-8,11H2,1-2H3,(H,28,32). The van der Waals surface area contributed by atoms with E-state index in [0.717, 1.165) is 65.4 Å². The summed E-state index contributed by atoms with van der Waals surface area (Å²) in [5.41, 5.74) is 4.60. The Morgan fingerprint density at radius 1 is 1.06 bits per heavy atom. The monoisotopic (exact) mass is 500 g/mol. The van der Waals surface area contributed by atoms with Crippen LogP contribution in [0.4, 0.5) is 5.82 Å². The molecule has 4 aromatic rings. The Hall–Kier alpha value is -3.40. The maximum absolute atomic E-state index is 13.6. The Kier molecular flexibility index (Phi) is 6.12. The summed E-state index contributed by atoms with van der Waals surface area (Å²) in [6.07, 6.45) is 10.5. The summed E-state index contributed by atoms with van der Waals surface area (Å²) in [6.45, 7) is 4.49. The molecule has 2 saturated carbocycles. The molecular weight excluding hydrogens is 472 g/mol. The highest BCUT2D eigenvalue weighted by Gasteiger charge is 2.31. The maximum Gasteiger partial charge on any atom is 0.295 e. The lowest BCUT2D eigenvalue weighted by Gasteiger charge is -2.28. The van der Waals surface area contributed by atoms with Gasteiger partial charge in [-0.1, -0.05) is 6.92 Å². The van der Waals surface area contributed by atoms with Gasteiger partial charge in [0.2, 0.25) is 0 Å². The Morgan fingerprint density at radius 2 is 1.92 bits per heavy atom. The van der Waals surface area contributed by atoms with E-state index in [-0.39, 0.29) is 11.6 Å². The lowest BCUT2D eigenvalue weighted by Crippen LogP contribution is -2.32. The molecule has 184 valence electrons. The fourth-order valence-corrected chi connectivity index (χ4v) is 5.22. The van der Waals surface area contributed by atoms with Crippen molar-refractivity contribution < 1.29 is 0 Å². The van der Waals surface area contributed by atoms with E-state index in [4.69, 9.17) is 4.98 Å². The summed E-state index contributed by atoms with van der Waals surface area (Å²) in [4.78, 5) is 42.4. The first-order valence-corrected chi connectivity index (χ1v) is 13.5. The van der Waals surface area contributed by atoms with Crippen LogP contribution in [0.3, 0.4) is 0 Å². The number of aromatic nitrogens is 7. The second-order valence-corrected chi connectivity index (χ2v) is 10.7.